The van der Waals surface area contributed by atoms with Gasteiger partial charge in [-0.25, -0.2) is 0 Å². The summed E-state index contributed by atoms with van der Waals surface area (Å²) in [5.41, 5.74) is 3.50. The molecule has 2 aromatic carbocycles. The number of rotatable bonds is 3. The van der Waals surface area contributed by atoms with Gasteiger partial charge in [0.1, 0.15) is 5.75 Å². The molecule has 0 radical (unpaired) electrons. The Morgan fingerprint density at radius 1 is 1.06 bits per heavy atom. The fourth-order valence-corrected chi connectivity index (χ4v) is 2.47. The molecule has 0 aliphatic rings. The highest BCUT2D eigenvalue weighted by atomic mass is 79.9. The van der Waals surface area contributed by atoms with Crippen molar-refractivity contribution in [3.63, 3.8) is 0 Å². The number of hydrogen-bond donors (Lipinski definition) is 1. The summed E-state index contributed by atoms with van der Waals surface area (Å²) < 4.78 is 0.780. The molecule has 0 aliphatic heterocycles. The number of phenolic OH excluding ortho intramolecular Hbond substituents is 1. The molecule has 88 valence electrons. The van der Waals surface area contributed by atoms with Gasteiger partial charge >= 0.3 is 0 Å². The van der Waals surface area contributed by atoms with Crippen LogP contribution in [0.2, 0.25) is 0 Å². The zero-order valence-corrected chi connectivity index (χ0v) is 11.4. The molecule has 0 atom stereocenters. The molecule has 1 nitrogen and oxygen atoms in total. The summed E-state index contributed by atoms with van der Waals surface area (Å²) in [7, 11) is 0. The number of benzene rings is 2. The first-order chi connectivity index (χ1) is 8.20. The summed E-state index contributed by atoms with van der Waals surface area (Å²) in [6.07, 6.45) is 1.74. The Hall–Kier alpha value is -1.28. The van der Waals surface area contributed by atoms with Gasteiger partial charge in [0, 0.05) is 0 Å². The van der Waals surface area contributed by atoms with Crippen molar-refractivity contribution >= 4 is 15.9 Å². The second-order valence-corrected chi connectivity index (χ2v) is 4.96. The third-order valence-electron chi connectivity index (χ3n) is 2.83. The van der Waals surface area contributed by atoms with Gasteiger partial charge in [-0.1, -0.05) is 43.3 Å². The standard InChI is InChI=1S/C15H15BrO/c1-2-13-9-12(10-14(16)15(13)17)8-11-6-4-3-5-7-11/h3-7,9-10,17H,2,8H2,1H3. The second kappa shape index (κ2) is 5.37. The van der Waals surface area contributed by atoms with Crippen molar-refractivity contribution in [3.8, 4) is 5.75 Å². The zero-order valence-electron chi connectivity index (χ0n) is 9.78. The van der Waals surface area contributed by atoms with E-state index in [9.17, 15) is 5.11 Å². The normalized spacial score (nSPS) is 10.5. The Balaban J connectivity index is 2.31. The van der Waals surface area contributed by atoms with E-state index in [1.54, 1.807) is 0 Å². The Morgan fingerprint density at radius 2 is 1.76 bits per heavy atom. The van der Waals surface area contributed by atoms with Gasteiger partial charge in [0.2, 0.25) is 0 Å². The van der Waals surface area contributed by atoms with Crippen molar-refractivity contribution in [3.05, 3.63) is 63.6 Å². The van der Waals surface area contributed by atoms with Gasteiger partial charge in [-0.3, -0.25) is 0 Å². The predicted octanol–water partition coefficient (Wildman–Crippen LogP) is 4.31. The largest absolute Gasteiger partial charge is 0.506 e. The Labute approximate surface area is 110 Å². The van der Waals surface area contributed by atoms with Crippen molar-refractivity contribution < 1.29 is 5.11 Å². The molecule has 0 aromatic heterocycles. The van der Waals surface area contributed by atoms with Gasteiger partial charge in [0.05, 0.1) is 4.47 Å². The van der Waals surface area contributed by atoms with Crippen LogP contribution in [0.1, 0.15) is 23.6 Å². The second-order valence-electron chi connectivity index (χ2n) is 4.10. The first-order valence-electron chi connectivity index (χ1n) is 5.75. The van der Waals surface area contributed by atoms with Crippen LogP contribution in [-0.4, -0.2) is 5.11 Å². The molecule has 0 saturated carbocycles. The van der Waals surface area contributed by atoms with Crippen LogP contribution >= 0.6 is 15.9 Å². The molecule has 0 bridgehead atoms. The summed E-state index contributed by atoms with van der Waals surface area (Å²) >= 11 is 3.40. The Kier molecular flexibility index (Phi) is 3.85. The molecule has 17 heavy (non-hydrogen) atoms. The summed E-state index contributed by atoms with van der Waals surface area (Å²) in [4.78, 5) is 0. The van der Waals surface area contributed by atoms with Gasteiger partial charge < -0.3 is 5.11 Å². The minimum absolute atomic E-state index is 0.365. The highest BCUT2D eigenvalue weighted by molar-refractivity contribution is 9.10. The molecule has 2 heteroatoms. The third kappa shape index (κ3) is 2.89. The summed E-state index contributed by atoms with van der Waals surface area (Å²) in [5, 5.41) is 9.84. The number of aromatic hydroxyl groups is 1. The summed E-state index contributed by atoms with van der Waals surface area (Å²) in [5.74, 6) is 0.365. The van der Waals surface area contributed by atoms with Gasteiger partial charge in [0.25, 0.3) is 0 Å². The van der Waals surface area contributed by atoms with E-state index in [0.29, 0.717) is 5.75 Å². The average Bonchev–Trinajstić information content (AvgIpc) is 2.35. The van der Waals surface area contributed by atoms with Crippen molar-refractivity contribution in [2.75, 3.05) is 0 Å². The lowest BCUT2D eigenvalue weighted by Crippen LogP contribution is -1.91. The van der Waals surface area contributed by atoms with E-state index in [0.717, 1.165) is 22.9 Å². The third-order valence-corrected chi connectivity index (χ3v) is 3.44. The molecule has 2 aromatic rings. The van der Waals surface area contributed by atoms with E-state index in [2.05, 4.69) is 34.1 Å². The molecule has 1 N–H and O–H groups in total. The molecule has 0 fully saturated rings. The van der Waals surface area contributed by atoms with E-state index in [-0.39, 0.29) is 0 Å². The van der Waals surface area contributed by atoms with Crippen LogP contribution < -0.4 is 0 Å². The lowest BCUT2D eigenvalue weighted by Gasteiger charge is -2.08. The van der Waals surface area contributed by atoms with Crippen LogP contribution in [0.4, 0.5) is 0 Å². The molecular weight excluding hydrogens is 276 g/mol. The SMILES string of the molecule is CCc1cc(Cc2ccccc2)cc(Br)c1O. The van der Waals surface area contributed by atoms with Gasteiger partial charge in [0.15, 0.2) is 0 Å². The molecule has 2 rings (SSSR count). The fourth-order valence-electron chi connectivity index (χ4n) is 1.92. The van der Waals surface area contributed by atoms with Crippen LogP contribution in [0.15, 0.2) is 46.9 Å². The van der Waals surface area contributed by atoms with E-state index in [1.165, 1.54) is 11.1 Å². The van der Waals surface area contributed by atoms with E-state index >= 15 is 0 Å². The lowest BCUT2D eigenvalue weighted by molar-refractivity contribution is 0.465. The van der Waals surface area contributed by atoms with Gasteiger partial charge in [-0.05, 0) is 51.5 Å². The molecule has 0 heterocycles. The van der Waals surface area contributed by atoms with Crippen LogP contribution in [0.3, 0.4) is 0 Å². The van der Waals surface area contributed by atoms with Crippen molar-refractivity contribution in [2.45, 2.75) is 19.8 Å². The maximum atomic E-state index is 9.84. The highest BCUT2D eigenvalue weighted by Crippen LogP contribution is 2.30. The van der Waals surface area contributed by atoms with Crippen LogP contribution in [-0.2, 0) is 12.8 Å². The Bertz CT molecular complexity index is 506. The molecule has 0 saturated heterocycles. The van der Waals surface area contributed by atoms with Crippen molar-refractivity contribution in [1.29, 1.82) is 0 Å². The van der Waals surface area contributed by atoms with E-state index in [4.69, 9.17) is 0 Å². The van der Waals surface area contributed by atoms with Crippen molar-refractivity contribution in [1.82, 2.24) is 0 Å². The average molecular weight is 291 g/mol. The summed E-state index contributed by atoms with van der Waals surface area (Å²) in [6, 6.07) is 14.4. The van der Waals surface area contributed by atoms with Crippen molar-refractivity contribution in [2.24, 2.45) is 0 Å². The maximum Gasteiger partial charge on any atom is 0.132 e. The quantitative estimate of drug-likeness (QED) is 0.893. The van der Waals surface area contributed by atoms with Crippen LogP contribution in [0.25, 0.3) is 0 Å². The molecular formula is C15H15BrO. The van der Waals surface area contributed by atoms with E-state index in [1.807, 2.05) is 31.2 Å². The molecule has 0 spiro atoms. The molecule has 0 aliphatic carbocycles. The lowest BCUT2D eigenvalue weighted by atomic mass is 10.0. The summed E-state index contributed by atoms with van der Waals surface area (Å²) in [6.45, 7) is 2.05. The number of aryl methyl sites for hydroxylation is 1. The predicted molar refractivity (Wildman–Crippen MR) is 74.4 cm³/mol. The molecule has 0 unspecified atom stereocenters. The smallest absolute Gasteiger partial charge is 0.132 e. The first kappa shape index (κ1) is 12.2. The minimum Gasteiger partial charge on any atom is -0.506 e. The van der Waals surface area contributed by atoms with Gasteiger partial charge in [-0.15, -0.1) is 0 Å². The van der Waals surface area contributed by atoms with E-state index < -0.39 is 0 Å². The highest BCUT2D eigenvalue weighted by Gasteiger charge is 2.07. The maximum absolute atomic E-state index is 9.84. The number of hydrogen-bond acceptors (Lipinski definition) is 1. The van der Waals surface area contributed by atoms with Crippen LogP contribution in [0.5, 0.6) is 5.75 Å². The zero-order chi connectivity index (χ0) is 12.3. The van der Waals surface area contributed by atoms with Crippen LogP contribution in [0, 0.1) is 0 Å². The monoisotopic (exact) mass is 290 g/mol. The first-order valence-corrected chi connectivity index (χ1v) is 6.54. The topological polar surface area (TPSA) is 20.2 Å². The van der Waals surface area contributed by atoms with Gasteiger partial charge in [-0.2, -0.15) is 0 Å². The minimum atomic E-state index is 0.365. The molecule has 0 amide bonds. The fraction of sp³-hybridized carbons (Fsp3) is 0.200. The number of phenols is 1. The Morgan fingerprint density at radius 3 is 2.41 bits per heavy atom. The number of halogens is 1.